The fourth-order valence-electron chi connectivity index (χ4n) is 1.49. The summed E-state index contributed by atoms with van der Waals surface area (Å²) in [6.07, 6.45) is 1.72. The van der Waals surface area contributed by atoms with E-state index in [-0.39, 0.29) is 11.7 Å². The van der Waals surface area contributed by atoms with Crippen LogP contribution in [0.5, 0.6) is 0 Å². The Balaban J connectivity index is 1.84. The van der Waals surface area contributed by atoms with E-state index < -0.39 is 0 Å². The third-order valence-electron chi connectivity index (χ3n) is 2.39. The van der Waals surface area contributed by atoms with Gasteiger partial charge in [0.05, 0.1) is 11.4 Å². The largest absolute Gasteiger partial charge is 0.416 e. The van der Waals surface area contributed by atoms with Crippen LogP contribution in [0.25, 0.3) is 0 Å². The van der Waals surface area contributed by atoms with Crippen molar-refractivity contribution in [3.63, 3.8) is 0 Å². The molecule has 0 saturated carbocycles. The number of rotatable bonds is 6. The first kappa shape index (κ1) is 15.3. The van der Waals surface area contributed by atoms with Gasteiger partial charge in [-0.15, -0.1) is 10.2 Å². The van der Waals surface area contributed by atoms with Gasteiger partial charge in [0.25, 0.3) is 5.22 Å². The van der Waals surface area contributed by atoms with Gasteiger partial charge in [-0.2, -0.15) is 0 Å². The molecule has 0 aliphatic heterocycles. The molecule has 0 bridgehead atoms. The Labute approximate surface area is 135 Å². The molecule has 1 aromatic carbocycles. The summed E-state index contributed by atoms with van der Waals surface area (Å²) < 4.78 is 6.41. The highest BCUT2D eigenvalue weighted by Gasteiger charge is 2.10. The SMILES string of the molecule is CCCc1nnc(SCC(=O)Nc2ccccc2I)o1. The molecule has 0 aliphatic rings. The van der Waals surface area contributed by atoms with Crippen molar-refractivity contribution in [3.8, 4) is 0 Å². The molecule has 0 atom stereocenters. The van der Waals surface area contributed by atoms with Crippen LogP contribution in [0.1, 0.15) is 19.2 Å². The zero-order chi connectivity index (χ0) is 14.4. The molecule has 1 aromatic heterocycles. The van der Waals surface area contributed by atoms with Gasteiger partial charge in [-0.3, -0.25) is 4.79 Å². The molecule has 5 nitrogen and oxygen atoms in total. The van der Waals surface area contributed by atoms with Crippen LogP contribution in [0.3, 0.4) is 0 Å². The number of aryl methyl sites for hydroxylation is 1. The lowest BCUT2D eigenvalue weighted by Gasteiger charge is -2.05. The molecule has 0 spiro atoms. The summed E-state index contributed by atoms with van der Waals surface area (Å²) in [5.41, 5.74) is 0.816. The van der Waals surface area contributed by atoms with Gasteiger partial charge in [0.1, 0.15) is 0 Å². The lowest BCUT2D eigenvalue weighted by Crippen LogP contribution is -2.14. The number of carbonyl (C=O) groups excluding carboxylic acids is 1. The van der Waals surface area contributed by atoms with Crippen LogP contribution in [-0.4, -0.2) is 21.9 Å². The summed E-state index contributed by atoms with van der Waals surface area (Å²) in [7, 11) is 0. The monoisotopic (exact) mass is 403 g/mol. The van der Waals surface area contributed by atoms with Gasteiger partial charge in [-0.05, 0) is 41.1 Å². The summed E-state index contributed by atoms with van der Waals surface area (Å²) in [4.78, 5) is 11.8. The molecule has 20 heavy (non-hydrogen) atoms. The Hall–Kier alpha value is -1.09. The number of halogens is 1. The minimum atomic E-state index is -0.0886. The molecular formula is C13H14IN3O2S. The van der Waals surface area contributed by atoms with E-state index >= 15 is 0 Å². The highest BCUT2D eigenvalue weighted by molar-refractivity contribution is 14.1. The number of benzene rings is 1. The molecule has 1 heterocycles. The van der Waals surface area contributed by atoms with Crippen LogP contribution >= 0.6 is 34.4 Å². The standard InChI is InChI=1S/C13H14IN3O2S/c1-2-5-12-16-17-13(19-12)20-8-11(18)15-10-7-4-3-6-9(10)14/h3-4,6-7H,2,5,8H2,1H3,(H,15,18). The van der Waals surface area contributed by atoms with Crippen molar-refractivity contribution in [3.05, 3.63) is 33.7 Å². The zero-order valence-electron chi connectivity index (χ0n) is 10.9. The van der Waals surface area contributed by atoms with Crippen molar-refractivity contribution in [2.75, 3.05) is 11.1 Å². The molecule has 0 unspecified atom stereocenters. The van der Waals surface area contributed by atoms with E-state index in [1.165, 1.54) is 11.8 Å². The Kier molecular flexibility index (Phi) is 5.84. The molecule has 2 rings (SSSR count). The van der Waals surface area contributed by atoms with Gasteiger partial charge in [-0.25, -0.2) is 0 Å². The van der Waals surface area contributed by atoms with E-state index in [9.17, 15) is 4.79 Å². The fourth-order valence-corrected chi connectivity index (χ4v) is 2.59. The maximum atomic E-state index is 11.8. The average molecular weight is 403 g/mol. The Morgan fingerprint density at radius 3 is 2.95 bits per heavy atom. The van der Waals surface area contributed by atoms with Gasteiger partial charge >= 0.3 is 0 Å². The van der Waals surface area contributed by atoms with Gasteiger partial charge in [0.15, 0.2) is 0 Å². The van der Waals surface area contributed by atoms with E-state index in [1.54, 1.807) is 0 Å². The van der Waals surface area contributed by atoms with Crippen LogP contribution in [0.2, 0.25) is 0 Å². The van der Waals surface area contributed by atoms with Gasteiger partial charge < -0.3 is 9.73 Å². The molecule has 1 amide bonds. The van der Waals surface area contributed by atoms with Crippen LogP contribution < -0.4 is 5.32 Å². The van der Waals surface area contributed by atoms with Gasteiger partial charge in [0.2, 0.25) is 11.8 Å². The molecule has 106 valence electrons. The van der Waals surface area contributed by atoms with Crippen LogP contribution in [0.15, 0.2) is 33.9 Å². The first-order chi connectivity index (χ1) is 9.69. The number of aromatic nitrogens is 2. The van der Waals surface area contributed by atoms with Gasteiger partial charge in [0, 0.05) is 9.99 Å². The number of para-hydroxylation sites is 1. The minimum Gasteiger partial charge on any atom is -0.416 e. The van der Waals surface area contributed by atoms with Crippen LogP contribution in [0, 0.1) is 3.57 Å². The predicted octanol–water partition coefficient (Wildman–Crippen LogP) is 3.36. The van der Waals surface area contributed by atoms with Crippen molar-refractivity contribution in [1.82, 2.24) is 10.2 Å². The first-order valence-electron chi connectivity index (χ1n) is 6.18. The molecule has 1 N–H and O–H groups in total. The summed E-state index contributed by atoms with van der Waals surface area (Å²) in [5, 5.41) is 11.1. The average Bonchev–Trinajstić information content (AvgIpc) is 2.87. The topological polar surface area (TPSA) is 68.0 Å². The lowest BCUT2D eigenvalue weighted by molar-refractivity contribution is -0.113. The molecule has 0 fully saturated rings. The first-order valence-corrected chi connectivity index (χ1v) is 8.25. The molecule has 2 aromatic rings. The van der Waals surface area contributed by atoms with Crippen molar-refractivity contribution in [2.24, 2.45) is 0 Å². The molecule has 0 radical (unpaired) electrons. The second kappa shape index (κ2) is 7.63. The van der Waals surface area contributed by atoms with E-state index in [0.717, 1.165) is 22.1 Å². The fraction of sp³-hybridized carbons (Fsp3) is 0.308. The van der Waals surface area contributed by atoms with Crippen molar-refractivity contribution in [2.45, 2.75) is 25.0 Å². The quantitative estimate of drug-likeness (QED) is 0.592. The summed E-state index contributed by atoms with van der Waals surface area (Å²) in [5.74, 6) is 0.779. The summed E-state index contributed by atoms with van der Waals surface area (Å²) in [6, 6.07) is 7.63. The molecule has 0 aliphatic carbocycles. The second-order valence-electron chi connectivity index (χ2n) is 4.03. The number of nitrogens with zero attached hydrogens (tertiary/aromatic N) is 2. The number of thioether (sulfide) groups is 1. The number of hydrogen-bond donors (Lipinski definition) is 1. The minimum absolute atomic E-state index is 0.0886. The highest BCUT2D eigenvalue weighted by Crippen LogP contribution is 2.19. The Morgan fingerprint density at radius 1 is 1.40 bits per heavy atom. The van der Waals surface area contributed by atoms with Gasteiger partial charge in [-0.1, -0.05) is 30.8 Å². The number of nitrogens with one attached hydrogen (secondary N) is 1. The number of hydrogen-bond acceptors (Lipinski definition) is 5. The third kappa shape index (κ3) is 4.48. The Bertz CT molecular complexity index is 589. The maximum Gasteiger partial charge on any atom is 0.277 e. The number of amides is 1. The summed E-state index contributed by atoms with van der Waals surface area (Å²) >= 11 is 3.43. The number of carbonyl (C=O) groups is 1. The van der Waals surface area contributed by atoms with Crippen molar-refractivity contribution < 1.29 is 9.21 Å². The van der Waals surface area contributed by atoms with E-state index in [2.05, 4.69) is 38.1 Å². The lowest BCUT2D eigenvalue weighted by atomic mass is 10.3. The second-order valence-corrected chi connectivity index (χ2v) is 6.12. The third-order valence-corrected chi connectivity index (χ3v) is 4.15. The number of anilines is 1. The maximum absolute atomic E-state index is 11.8. The van der Waals surface area contributed by atoms with E-state index in [4.69, 9.17) is 4.42 Å². The summed E-state index contributed by atoms with van der Waals surface area (Å²) in [6.45, 7) is 2.05. The predicted molar refractivity (Wildman–Crippen MR) is 86.8 cm³/mol. The van der Waals surface area contributed by atoms with Crippen molar-refractivity contribution in [1.29, 1.82) is 0 Å². The van der Waals surface area contributed by atoms with Crippen LogP contribution in [0.4, 0.5) is 5.69 Å². The van der Waals surface area contributed by atoms with E-state index in [1.807, 2.05) is 31.2 Å². The normalized spacial score (nSPS) is 10.5. The highest BCUT2D eigenvalue weighted by atomic mass is 127. The van der Waals surface area contributed by atoms with Crippen molar-refractivity contribution >= 4 is 45.9 Å². The van der Waals surface area contributed by atoms with E-state index in [0.29, 0.717) is 11.1 Å². The smallest absolute Gasteiger partial charge is 0.277 e. The van der Waals surface area contributed by atoms with Crippen LogP contribution in [-0.2, 0) is 11.2 Å². The molecular weight excluding hydrogens is 389 g/mol. The zero-order valence-corrected chi connectivity index (χ0v) is 13.9. The molecule has 0 saturated heterocycles. The molecule has 7 heteroatoms. The Morgan fingerprint density at radius 2 is 2.20 bits per heavy atom.